The summed E-state index contributed by atoms with van der Waals surface area (Å²) in [6.45, 7) is 2.77. The third-order valence-electron chi connectivity index (χ3n) is 4.22. The molecule has 1 N–H and O–H groups in total. The quantitative estimate of drug-likeness (QED) is 0.651. The first-order valence-electron chi connectivity index (χ1n) is 8.89. The minimum atomic E-state index is -0.457. The largest absolute Gasteiger partial charge is 0.465 e. The summed E-state index contributed by atoms with van der Waals surface area (Å²) in [6.07, 6.45) is 3.24. The lowest BCUT2D eigenvalue weighted by atomic mass is 10.2. The fraction of sp³-hybridized carbons (Fsp3) is 0.136. The van der Waals surface area contributed by atoms with Crippen LogP contribution < -0.4 is 10.2 Å². The van der Waals surface area contributed by atoms with Gasteiger partial charge in [0.05, 0.1) is 30.1 Å². The number of ether oxygens (including phenoxy) is 1. The summed E-state index contributed by atoms with van der Waals surface area (Å²) in [6, 6.07) is 18.3. The molecular weight excluding hydrogens is 354 g/mol. The van der Waals surface area contributed by atoms with Gasteiger partial charge in [-0.1, -0.05) is 24.3 Å². The van der Waals surface area contributed by atoms with E-state index in [1.165, 1.54) is 13.3 Å². The number of benzene rings is 2. The van der Waals surface area contributed by atoms with Crippen LogP contribution >= 0.6 is 0 Å². The normalized spacial score (nSPS) is 10.2. The van der Waals surface area contributed by atoms with Crippen molar-refractivity contribution in [3.8, 4) is 0 Å². The molecular formula is C22H21N3O3. The van der Waals surface area contributed by atoms with Crippen LogP contribution in [0.5, 0.6) is 0 Å². The van der Waals surface area contributed by atoms with Gasteiger partial charge in [0.25, 0.3) is 5.91 Å². The molecule has 1 heterocycles. The highest BCUT2D eigenvalue weighted by Crippen LogP contribution is 2.25. The number of para-hydroxylation sites is 1. The number of rotatable bonds is 6. The highest BCUT2D eigenvalue weighted by Gasteiger charge is 2.13. The number of nitrogens with zero attached hydrogens (tertiary/aromatic N) is 2. The maximum Gasteiger partial charge on any atom is 0.337 e. The van der Waals surface area contributed by atoms with Gasteiger partial charge >= 0.3 is 5.97 Å². The maximum absolute atomic E-state index is 12.7. The smallest absolute Gasteiger partial charge is 0.337 e. The van der Waals surface area contributed by atoms with E-state index >= 15 is 0 Å². The van der Waals surface area contributed by atoms with Crippen LogP contribution in [-0.4, -0.2) is 30.5 Å². The van der Waals surface area contributed by atoms with Gasteiger partial charge in [-0.25, -0.2) is 4.79 Å². The molecule has 0 spiro atoms. The zero-order chi connectivity index (χ0) is 19.9. The van der Waals surface area contributed by atoms with Gasteiger partial charge in [-0.3, -0.25) is 9.78 Å². The molecule has 0 aliphatic heterocycles. The van der Waals surface area contributed by atoms with Gasteiger partial charge in [0, 0.05) is 24.1 Å². The van der Waals surface area contributed by atoms with Gasteiger partial charge in [-0.05, 0) is 43.3 Å². The molecule has 0 unspecified atom stereocenters. The van der Waals surface area contributed by atoms with Crippen molar-refractivity contribution < 1.29 is 14.3 Å². The lowest BCUT2D eigenvalue weighted by Gasteiger charge is -2.23. The van der Waals surface area contributed by atoms with Crippen molar-refractivity contribution in [2.75, 3.05) is 23.9 Å². The number of pyridine rings is 1. The number of hydrogen-bond donors (Lipinski definition) is 1. The Morgan fingerprint density at radius 1 is 0.964 bits per heavy atom. The number of carbonyl (C=O) groups excluding carboxylic acids is 2. The standard InChI is InChI=1S/C22H21N3O3/c1-3-25(19-10-5-4-6-11-19)20-13-17(14-23-15-20)21(26)24-18-9-7-8-16(12-18)22(27)28-2/h4-15H,3H2,1-2H3,(H,24,26). The minimum Gasteiger partial charge on any atom is -0.465 e. The second-order valence-electron chi connectivity index (χ2n) is 6.04. The zero-order valence-electron chi connectivity index (χ0n) is 15.8. The summed E-state index contributed by atoms with van der Waals surface area (Å²) in [7, 11) is 1.32. The van der Waals surface area contributed by atoms with Crippen molar-refractivity contribution in [2.24, 2.45) is 0 Å². The molecule has 0 aliphatic carbocycles. The zero-order valence-corrected chi connectivity index (χ0v) is 15.8. The number of nitrogens with one attached hydrogen (secondary N) is 1. The van der Waals surface area contributed by atoms with Crippen molar-refractivity contribution in [1.82, 2.24) is 4.98 Å². The third kappa shape index (κ3) is 4.35. The molecule has 0 fully saturated rings. The Morgan fingerprint density at radius 3 is 2.46 bits per heavy atom. The molecule has 2 aromatic carbocycles. The minimum absolute atomic E-state index is 0.305. The first kappa shape index (κ1) is 19.1. The first-order valence-corrected chi connectivity index (χ1v) is 8.89. The SMILES string of the molecule is CCN(c1ccccc1)c1cncc(C(=O)Nc2cccc(C(=O)OC)c2)c1. The molecule has 3 rings (SSSR count). The average molecular weight is 375 g/mol. The van der Waals surface area contributed by atoms with E-state index in [2.05, 4.69) is 15.2 Å². The molecule has 0 saturated carbocycles. The fourth-order valence-corrected chi connectivity index (χ4v) is 2.87. The van der Waals surface area contributed by atoms with Gasteiger partial charge < -0.3 is 15.0 Å². The van der Waals surface area contributed by atoms with E-state index in [4.69, 9.17) is 4.74 Å². The lowest BCUT2D eigenvalue weighted by Crippen LogP contribution is -2.18. The summed E-state index contributed by atoms with van der Waals surface area (Å²) in [5.74, 6) is -0.762. The molecule has 0 aliphatic rings. The summed E-state index contributed by atoms with van der Waals surface area (Å²) >= 11 is 0. The highest BCUT2D eigenvalue weighted by molar-refractivity contribution is 6.05. The summed E-state index contributed by atoms with van der Waals surface area (Å²) in [5, 5.41) is 2.80. The van der Waals surface area contributed by atoms with Crippen LogP contribution in [0, 0.1) is 0 Å². The Kier molecular flexibility index (Phi) is 6.01. The molecule has 1 amide bonds. The van der Waals surface area contributed by atoms with E-state index < -0.39 is 5.97 Å². The van der Waals surface area contributed by atoms with Crippen molar-refractivity contribution in [3.63, 3.8) is 0 Å². The van der Waals surface area contributed by atoms with Crippen LogP contribution in [0.4, 0.5) is 17.1 Å². The molecule has 3 aromatic rings. The predicted molar refractivity (Wildman–Crippen MR) is 109 cm³/mol. The van der Waals surface area contributed by atoms with E-state index in [1.807, 2.05) is 37.3 Å². The highest BCUT2D eigenvalue weighted by atomic mass is 16.5. The summed E-state index contributed by atoms with van der Waals surface area (Å²) in [4.78, 5) is 30.6. The number of esters is 1. The van der Waals surface area contributed by atoms with Gasteiger partial charge in [0.15, 0.2) is 0 Å². The van der Waals surface area contributed by atoms with E-state index in [1.54, 1.807) is 36.5 Å². The number of anilines is 3. The maximum atomic E-state index is 12.7. The van der Waals surface area contributed by atoms with Crippen LogP contribution in [0.25, 0.3) is 0 Å². The predicted octanol–water partition coefficient (Wildman–Crippen LogP) is 4.28. The number of hydrogen-bond acceptors (Lipinski definition) is 5. The Labute approximate surface area is 163 Å². The molecule has 6 heteroatoms. The van der Waals surface area contributed by atoms with E-state index in [-0.39, 0.29) is 5.91 Å². The molecule has 28 heavy (non-hydrogen) atoms. The van der Waals surface area contributed by atoms with Gasteiger partial charge in [0.2, 0.25) is 0 Å². The Hall–Kier alpha value is -3.67. The number of aromatic nitrogens is 1. The topological polar surface area (TPSA) is 71.5 Å². The number of methoxy groups -OCH3 is 1. The number of amides is 1. The molecule has 0 radical (unpaired) electrons. The van der Waals surface area contributed by atoms with Gasteiger partial charge in [-0.15, -0.1) is 0 Å². The monoisotopic (exact) mass is 375 g/mol. The lowest BCUT2D eigenvalue weighted by molar-refractivity contribution is 0.0600. The molecule has 6 nitrogen and oxygen atoms in total. The van der Waals surface area contributed by atoms with Crippen molar-refractivity contribution >= 4 is 28.9 Å². The summed E-state index contributed by atoms with van der Waals surface area (Å²) < 4.78 is 4.71. The Morgan fingerprint density at radius 2 is 1.75 bits per heavy atom. The molecule has 142 valence electrons. The second-order valence-corrected chi connectivity index (χ2v) is 6.04. The van der Waals surface area contributed by atoms with Crippen LogP contribution in [0.3, 0.4) is 0 Å². The molecule has 1 aromatic heterocycles. The van der Waals surface area contributed by atoms with Gasteiger partial charge in [-0.2, -0.15) is 0 Å². The van der Waals surface area contributed by atoms with Gasteiger partial charge in [0.1, 0.15) is 0 Å². The fourth-order valence-electron chi connectivity index (χ4n) is 2.87. The third-order valence-corrected chi connectivity index (χ3v) is 4.22. The van der Waals surface area contributed by atoms with Crippen LogP contribution in [0.15, 0.2) is 73.1 Å². The van der Waals surface area contributed by atoms with Crippen LogP contribution in [0.1, 0.15) is 27.6 Å². The van der Waals surface area contributed by atoms with Crippen LogP contribution in [0.2, 0.25) is 0 Å². The Balaban J connectivity index is 1.82. The van der Waals surface area contributed by atoms with Crippen LogP contribution in [-0.2, 0) is 4.74 Å². The van der Waals surface area contributed by atoms with Crippen molar-refractivity contribution in [3.05, 3.63) is 84.2 Å². The second kappa shape index (κ2) is 8.81. The average Bonchev–Trinajstić information content (AvgIpc) is 2.75. The van der Waals surface area contributed by atoms with E-state index in [9.17, 15) is 9.59 Å². The first-order chi connectivity index (χ1) is 13.6. The Bertz CT molecular complexity index is 974. The molecule has 0 atom stereocenters. The molecule has 0 saturated heterocycles. The van der Waals surface area contributed by atoms with E-state index in [0.29, 0.717) is 16.8 Å². The summed E-state index contributed by atoms with van der Waals surface area (Å²) in [5.41, 5.74) is 3.15. The van der Waals surface area contributed by atoms with E-state index in [0.717, 1.165) is 17.9 Å². The van der Waals surface area contributed by atoms with Crippen molar-refractivity contribution in [2.45, 2.75) is 6.92 Å². The van der Waals surface area contributed by atoms with Crippen molar-refractivity contribution in [1.29, 1.82) is 0 Å². The number of carbonyl (C=O) groups is 2. The molecule has 0 bridgehead atoms.